The molecule has 1 aromatic carbocycles. The van der Waals surface area contributed by atoms with Gasteiger partial charge >= 0.3 is 6.03 Å². The van der Waals surface area contributed by atoms with Crippen molar-refractivity contribution in [3.8, 4) is 0 Å². The SMILES string of the molecule is O=C(NCC(O)c1ccco1)NC1CCc2ccc(F)cc21. The van der Waals surface area contributed by atoms with Crippen LogP contribution in [0.3, 0.4) is 0 Å². The van der Waals surface area contributed by atoms with Crippen LogP contribution in [-0.2, 0) is 6.42 Å². The van der Waals surface area contributed by atoms with Gasteiger partial charge in [-0.05, 0) is 48.2 Å². The van der Waals surface area contributed by atoms with Gasteiger partial charge in [-0.3, -0.25) is 0 Å². The second-order valence-corrected chi connectivity index (χ2v) is 5.32. The fourth-order valence-corrected chi connectivity index (χ4v) is 2.70. The van der Waals surface area contributed by atoms with Gasteiger partial charge in [0.2, 0.25) is 0 Å². The summed E-state index contributed by atoms with van der Waals surface area (Å²) in [6, 6.07) is 7.36. The summed E-state index contributed by atoms with van der Waals surface area (Å²) >= 11 is 0. The van der Waals surface area contributed by atoms with E-state index in [1.807, 2.05) is 0 Å². The Balaban J connectivity index is 1.54. The summed E-state index contributed by atoms with van der Waals surface area (Å²) < 4.78 is 18.4. The van der Waals surface area contributed by atoms with Crippen molar-refractivity contribution in [1.82, 2.24) is 10.6 Å². The van der Waals surface area contributed by atoms with E-state index in [-0.39, 0.29) is 18.4 Å². The zero-order valence-electron chi connectivity index (χ0n) is 11.9. The smallest absolute Gasteiger partial charge is 0.315 e. The highest BCUT2D eigenvalue weighted by molar-refractivity contribution is 5.74. The average Bonchev–Trinajstić information content (AvgIpc) is 3.15. The van der Waals surface area contributed by atoms with Gasteiger partial charge in [-0.1, -0.05) is 6.07 Å². The molecule has 2 atom stereocenters. The molecule has 0 radical (unpaired) electrons. The minimum absolute atomic E-state index is 0.0437. The first-order valence-corrected chi connectivity index (χ1v) is 7.17. The molecule has 1 aliphatic rings. The van der Waals surface area contributed by atoms with Crippen molar-refractivity contribution < 1.29 is 18.7 Å². The number of furan rings is 1. The zero-order valence-corrected chi connectivity index (χ0v) is 11.9. The number of fused-ring (bicyclic) bond motifs is 1. The second kappa shape index (κ2) is 6.19. The normalized spacial score (nSPS) is 17.8. The molecule has 6 heteroatoms. The topological polar surface area (TPSA) is 74.5 Å². The predicted molar refractivity (Wildman–Crippen MR) is 77.7 cm³/mol. The van der Waals surface area contributed by atoms with Crippen LogP contribution in [0.2, 0.25) is 0 Å². The lowest BCUT2D eigenvalue weighted by atomic mass is 10.1. The van der Waals surface area contributed by atoms with Gasteiger partial charge in [0.1, 0.15) is 17.7 Å². The Morgan fingerprint density at radius 2 is 2.32 bits per heavy atom. The number of hydrogen-bond acceptors (Lipinski definition) is 3. The maximum Gasteiger partial charge on any atom is 0.315 e. The number of amides is 2. The van der Waals surface area contributed by atoms with Crippen LogP contribution in [0.25, 0.3) is 0 Å². The Kier molecular flexibility index (Phi) is 4.11. The quantitative estimate of drug-likeness (QED) is 0.812. The predicted octanol–water partition coefficient (Wildman–Crippen LogP) is 2.44. The van der Waals surface area contributed by atoms with Crippen molar-refractivity contribution in [3.63, 3.8) is 0 Å². The molecule has 22 heavy (non-hydrogen) atoms. The number of aliphatic hydroxyl groups is 1. The molecule has 3 rings (SSSR count). The van der Waals surface area contributed by atoms with Crippen LogP contribution in [0.15, 0.2) is 41.0 Å². The number of rotatable bonds is 4. The first-order chi connectivity index (χ1) is 10.6. The van der Waals surface area contributed by atoms with Crippen LogP contribution in [0.4, 0.5) is 9.18 Å². The van der Waals surface area contributed by atoms with Crippen LogP contribution in [0.1, 0.15) is 35.5 Å². The highest BCUT2D eigenvalue weighted by Gasteiger charge is 2.24. The molecule has 2 amide bonds. The summed E-state index contributed by atoms with van der Waals surface area (Å²) in [4.78, 5) is 11.9. The molecule has 0 fully saturated rings. The van der Waals surface area contributed by atoms with E-state index in [0.29, 0.717) is 5.76 Å². The lowest BCUT2D eigenvalue weighted by Crippen LogP contribution is -2.39. The molecular formula is C16H17FN2O3. The molecule has 3 N–H and O–H groups in total. The number of halogens is 1. The molecule has 1 aromatic heterocycles. The van der Waals surface area contributed by atoms with E-state index in [4.69, 9.17) is 4.42 Å². The second-order valence-electron chi connectivity index (χ2n) is 5.32. The molecule has 2 unspecified atom stereocenters. The third-order valence-electron chi connectivity index (χ3n) is 3.82. The number of urea groups is 1. The van der Waals surface area contributed by atoms with Gasteiger partial charge in [-0.15, -0.1) is 0 Å². The Hall–Kier alpha value is -2.34. The van der Waals surface area contributed by atoms with E-state index >= 15 is 0 Å². The van der Waals surface area contributed by atoms with E-state index in [2.05, 4.69) is 10.6 Å². The highest BCUT2D eigenvalue weighted by Crippen LogP contribution is 2.31. The third kappa shape index (κ3) is 3.12. The van der Waals surface area contributed by atoms with Crippen molar-refractivity contribution in [2.75, 3.05) is 6.54 Å². The zero-order chi connectivity index (χ0) is 15.5. The molecule has 2 aromatic rings. The number of carbonyl (C=O) groups is 1. The van der Waals surface area contributed by atoms with Gasteiger partial charge < -0.3 is 20.2 Å². The van der Waals surface area contributed by atoms with E-state index in [9.17, 15) is 14.3 Å². The van der Waals surface area contributed by atoms with Gasteiger partial charge in [-0.25, -0.2) is 9.18 Å². The van der Waals surface area contributed by atoms with Gasteiger partial charge in [-0.2, -0.15) is 0 Å². The van der Waals surface area contributed by atoms with Crippen molar-refractivity contribution >= 4 is 6.03 Å². The minimum Gasteiger partial charge on any atom is -0.467 e. The number of hydrogen-bond donors (Lipinski definition) is 3. The maximum absolute atomic E-state index is 13.3. The third-order valence-corrected chi connectivity index (χ3v) is 3.82. The van der Waals surface area contributed by atoms with Crippen molar-refractivity contribution in [2.45, 2.75) is 25.0 Å². The number of aryl methyl sites for hydroxylation is 1. The van der Waals surface area contributed by atoms with Crippen molar-refractivity contribution in [1.29, 1.82) is 0 Å². The van der Waals surface area contributed by atoms with Gasteiger partial charge in [0, 0.05) is 0 Å². The van der Waals surface area contributed by atoms with Crippen LogP contribution in [0, 0.1) is 5.82 Å². The summed E-state index contributed by atoms with van der Waals surface area (Å²) in [5.74, 6) is 0.0923. The monoisotopic (exact) mass is 304 g/mol. The highest BCUT2D eigenvalue weighted by atomic mass is 19.1. The van der Waals surface area contributed by atoms with E-state index in [1.165, 1.54) is 18.4 Å². The van der Waals surface area contributed by atoms with E-state index in [0.717, 1.165) is 24.0 Å². The van der Waals surface area contributed by atoms with E-state index in [1.54, 1.807) is 18.2 Å². The minimum atomic E-state index is -0.894. The van der Waals surface area contributed by atoms with Crippen molar-refractivity contribution in [3.05, 3.63) is 59.3 Å². The number of aliphatic hydroxyl groups excluding tert-OH is 1. The molecule has 1 heterocycles. The molecule has 0 bridgehead atoms. The van der Waals surface area contributed by atoms with Gasteiger partial charge in [0.25, 0.3) is 0 Å². The standard InChI is InChI=1S/C16H17FN2O3/c17-11-5-3-10-4-6-13(12(10)8-11)19-16(21)18-9-14(20)15-2-1-7-22-15/h1-3,5,7-8,13-14,20H,4,6,9H2,(H2,18,19,21). The summed E-state index contributed by atoms with van der Waals surface area (Å²) in [6.45, 7) is 0.0437. The largest absolute Gasteiger partial charge is 0.467 e. The fraction of sp³-hybridized carbons (Fsp3) is 0.312. The molecule has 1 aliphatic carbocycles. The average molecular weight is 304 g/mol. The molecule has 0 saturated carbocycles. The first-order valence-electron chi connectivity index (χ1n) is 7.17. The number of carbonyl (C=O) groups excluding carboxylic acids is 1. The molecule has 116 valence electrons. The lowest BCUT2D eigenvalue weighted by Gasteiger charge is -2.16. The maximum atomic E-state index is 13.3. The first kappa shape index (κ1) is 14.6. The Morgan fingerprint density at radius 1 is 1.45 bits per heavy atom. The number of nitrogens with one attached hydrogen (secondary N) is 2. The lowest BCUT2D eigenvalue weighted by molar-refractivity contribution is 0.147. The molecular weight excluding hydrogens is 287 g/mol. The Labute approximate surface area is 127 Å². The van der Waals surface area contributed by atoms with E-state index < -0.39 is 12.1 Å². The molecule has 0 saturated heterocycles. The Morgan fingerprint density at radius 3 is 3.09 bits per heavy atom. The van der Waals surface area contributed by atoms with Crippen LogP contribution >= 0.6 is 0 Å². The molecule has 0 aliphatic heterocycles. The summed E-state index contributed by atoms with van der Waals surface area (Å²) in [5, 5.41) is 15.2. The van der Waals surface area contributed by atoms with Gasteiger partial charge in [0.15, 0.2) is 0 Å². The van der Waals surface area contributed by atoms with Gasteiger partial charge in [0.05, 0.1) is 18.8 Å². The molecule has 5 nitrogen and oxygen atoms in total. The van der Waals surface area contributed by atoms with Crippen molar-refractivity contribution in [2.24, 2.45) is 0 Å². The summed E-state index contributed by atoms with van der Waals surface area (Å²) in [7, 11) is 0. The van der Waals surface area contributed by atoms with Crippen LogP contribution in [0.5, 0.6) is 0 Å². The molecule has 0 spiro atoms. The fourth-order valence-electron chi connectivity index (χ4n) is 2.70. The summed E-state index contributed by atoms with van der Waals surface area (Å²) in [5.41, 5.74) is 1.88. The van der Waals surface area contributed by atoms with Crippen LogP contribution < -0.4 is 10.6 Å². The number of benzene rings is 1. The summed E-state index contributed by atoms with van der Waals surface area (Å²) in [6.07, 6.45) is 2.12. The Bertz CT molecular complexity index is 657. The van der Waals surface area contributed by atoms with Crippen LogP contribution in [-0.4, -0.2) is 17.7 Å².